The minimum absolute atomic E-state index is 0.233. The van der Waals surface area contributed by atoms with Crippen molar-refractivity contribution in [2.24, 2.45) is 0 Å². The Morgan fingerprint density at radius 2 is 1.96 bits per heavy atom. The van der Waals surface area contributed by atoms with Gasteiger partial charge in [0.25, 0.3) is 5.91 Å². The number of carbonyl (C=O) groups excluding carboxylic acids is 1. The quantitative estimate of drug-likeness (QED) is 0.604. The fourth-order valence-corrected chi connectivity index (χ4v) is 2.60. The third kappa shape index (κ3) is 3.17. The largest absolute Gasteiger partial charge is 0.459 e. The van der Waals surface area contributed by atoms with Gasteiger partial charge in [-0.25, -0.2) is 4.98 Å². The van der Waals surface area contributed by atoms with Gasteiger partial charge >= 0.3 is 0 Å². The van der Waals surface area contributed by atoms with Gasteiger partial charge in [0.05, 0.1) is 6.26 Å². The molecule has 5 nitrogen and oxygen atoms in total. The normalized spacial score (nSPS) is 10.9. The van der Waals surface area contributed by atoms with Gasteiger partial charge in [-0.1, -0.05) is 18.2 Å². The molecule has 2 aromatic heterocycles. The number of aryl methyl sites for hydroxylation is 1. The van der Waals surface area contributed by atoms with E-state index in [1.165, 1.54) is 6.26 Å². The minimum atomic E-state index is -0.233. The number of fused-ring (bicyclic) bond motifs is 1. The summed E-state index contributed by atoms with van der Waals surface area (Å²) in [5, 5.41) is 2.82. The van der Waals surface area contributed by atoms with E-state index in [1.807, 2.05) is 49.4 Å². The molecule has 0 spiro atoms. The van der Waals surface area contributed by atoms with Gasteiger partial charge in [-0.3, -0.25) is 4.79 Å². The molecule has 0 radical (unpaired) electrons. The molecule has 1 amide bonds. The zero-order valence-electron chi connectivity index (χ0n) is 13.7. The Morgan fingerprint density at radius 3 is 2.72 bits per heavy atom. The van der Waals surface area contributed by atoms with Crippen LogP contribution in [-0.4, -0.2) is 10.9 Å². The molecule has 1 N–H and O–H groups in total. The van der Waals surface area contributed by atoms with E-state index < -0.39 is 0 Å². The summed E-state index contributed by atoms with van der Waals surface area (Å²) in [5.74, 6) is 0.661. The van der Waals surface area contributed by atoms with E-state index in [0.29, 0.717) is 18.2 Å². The van der Waals surface area contributed by atoms with Crippen molar-refractivity contribution < 1.29 is 13.6 Å². The molecule has 4 aromatic rings. The Labute approximate surface area is 144 Å². The maximum absolute atomic E-state index is 11.9. The number of furan rings is 1. The van der Waals surface area contributed by atoms with Crippen molar-refractivity contribution >= 4 is 17.0 Å². The first-order chi connectivity index (χ1) is 12.2. The van der Waals surface area contributed by atoms with Crippen LogP contribution in [0.4, 0.5) is 0 Å². The topological polar surface area (TPSA) is 68.3 Å². The fraction of sp³-hybridized carbons (Fsp3) is 0.100. The number of benzene rings is 2. The Hall–Kier alpha value is -3.34. The van der Waals surface area contributed by atoms with Crippen LogP contribution in [-0.2, 0) is 6.54 Å². The van der Waals surface area contributed by atoms with E-state index >= 15 is 0 Å². The molecule has 25 heavy (non-hydrogen) atoms. The number of aromatic nitrogens is 1. The summed E-state index contributed by atoms with van der Waals surface area (Å²) in [6.07, 6.45) is 1.48. The summed E-state index contributed by atoms with van der Waals surface area (Å²) in [6.45, 7) is 2.44. The second-order valence-electron chi connectivity index (χ2n) is 5.85. The van der Waals surface area contributed by atoms with Crippen LogP contribution in [0.15, 0.2) is 69.7 Å². The summed E-state index contributed by atoms with van der Waals surface area (Å²) in [6, 6.07) is 17.0. The van der Waals surface area contributed by atoms with Crippen LogP contribution in [0.3, 0.4) is 0 Å². The van der Waals surface area contributed by atoms with Crippen molar-refractivity contribution in [1.29, 1.82) is 0 Å². The molecule has 0 saturated heterocycles. The lowest BCUT2D eigenvalue weighted by Crippen LogP contribution is -2.22. The molecule has 2 heterocycles. The van der Waals surface area contributed by atoms with Gasteiger partial charge in [0.2, 0.25) is 5.89 Å². The van der Waals surface area contributed by atoms with Crippen molar-refractivity contribution in [1.82, 2.24) is 10.3 Å². The molecule has 0 aliphatic carbocycles. The number of oxazole rings is 1. The number of carbonyl (C=O) groups is 1. The summed E-state index contributed by atoms with van der Waals surface area (Å²) in [7, 11) is 0. The Morgan fingerprint density at radius 1 is 1.12 bits per heavy atom. The molecule has 5 heteroatoms. The SMILES string of the molecule is Cc1ccc2nc(-c3ccc(CNC(=O)c4ccco4)cc3)oc2c1. The molecule has 0 fully saturated rings. The number of rotatable bonds is 4. The standard InChI is InChI=1S/C20H16N2O3/c1-13-4-9-16-18(11-13)25-20(22-16)15-7-5-14(6-8-15)12-21-19(23)17-3-2-10-24-17/h2-11H,12H2,1H3,(H,21,23). The van der Waals surface area contributed by atoms with Crippen molar-refractivity contribution in [2.75, 3.05) is 0 Å². The van der Waals surface area contributed by atoms with Gasteiger partial charge in [0.1, 0.15) is 5.52 Å². The van der Waals surface area contributed by atoms with Crippen LogP contribution in [0.1, 0.15) is 21.7 Å². The predicted molar refractivity (Wildman–Crippen MR) is 94.1 cm³/mol. The maximum atomic E-state index is 11.9. The zero-order chi connectivity index (χ0) is 17.2. The van der Waals surface area contributed by atoms with E-state index in [9.17, 15) is 4.79 Å². The third-order valence-corrected chi connectivity index (χ3v) is 3.94. The highest BCUT2D eigenvalue weighted by molar-refractivity contribution is 5.91. The molecular formula is C20H16N2O3. The van der Waals surface area contributed by atoms with E-state index in [0.717, 1.165) is 27.8 Å². The molecule has 4 rings (SSSR count). The summed E-state index contributed by atoms with van der Waals surface area (Å²) < 4.78 is 10.9. The lowest BCUT2D eigenvalue weighted by molar-refractivity contribution is 0.0923. The summed E-state index contributed by atoms with van der Waals surface area (Å²) in [5.41, 5.74) is 4.64. The lowest BCUT2D eigenvalue weighted by atomic mass is 10.1. The van der Waals surface area contributed by atoms with Crippen molar-refractivity contribution in [3.63, 3.8) is 0 Å². The maximum Gasteiger partial charge on any atom is 0.287 e. The molecule has 0 bridgehead atoms. The molecule has 0 aliphatic rings. The average Bonchev–Trinajstić information content (AvgIpc) is 3.29. The fourth-order valence-electron chi connectivity index (χ4n) is 2.60. The van der Waals surface area contributed by atoms with Gasteiger partial charge in [-0.2, -0.15) is 0 Å². The first-order valence-corrected chi connectivity index (χ1v) is 7.97. The van der Waals surface area contributed by atoms with Crippen LogP contribution >= 0.6 is 0 Å². The smallest absolute Gasteiger partial charge is 0.287 e. The highest BCUT2D eigenvalue weighted by Crippen LogP contribution is 2.25. The predicted octanol–water partition coefficient (Wildman–Crippen LogP) is 4.33. The van der Waals surface area contributed by atoms with Crippen LogP contribution in [0.2, 0.25) is 0 Å². The number of hydrogen-bond acceptors (Lipinski definition) is 4. The monoisotopic (exact) mass is 332 g/mol. The Balaban J connectivity index is 1.48. The highest BCUT2D eigenvalue weighted by Gasteiger charge is 2.10. The molecule has 124 valence electrons. The number of hydrogen-bond donors (Lipinski definition) is 1. The average molecular weight is 332 g/mol. The molecule has 0 saturated carbocycles. The van der Waals surface area contributed by atoms with Crippen molar-refractivity contribution in [3.05, 3.63) is 77.7 Å². The molecule has 0 aliphatic heterocycles. The second kappa shape index (κ2) is 6.28. The van der Waals surface area contributed by atoms with Gasteiger partial charge in [0.15, 0.2) is 11.3 Å². The zero-order valence-corrected chi connectivity index (χ0v) is 13.7. The van der Waals surface area contributed by atoms with Crippen molar-refractivity contribution in [2.45, 2.75) is 13.5 Å². The summed E-state index contributed by atoms with van der Waals surface area (Å²) in [4.78, 5) is 16.4. The molecular weight excluding hydrogens is 316 g/mol. The number of nitrogens with one attached hydrogen (secondary N) is 1. The van der Waals surface area contributed by atoms with E-state index in [2.05, 4.69) is 10.3 Å². The van der Waals surface area contributed by atoms with Crippen molar-refractivity contribution in [3.8, 4) is 11.5 Å². The Kier molecular flexibility index (Phi) is 3.82. The van der Waals surface area contributed by atoms with Crippen LogP contribution in [0, 0.1) is 6.92 Å². The molecule has 2 aromatic carbocycles. The second-order valence-corrected chi connectivity index (χ2v) is 5.85. The summed E-state index contributed by atoms with van der Waals surface area (Å²) >= 11 is 0. The van der Waals surface area contributed by atoms with Gasteiger partial charge in [-0.15, -0.1) is 0 Å². The third-order valence-electron chi connectivity index (χ3n) is 3.94. The van der Waals surface area contributed by atoms with Gasteiger partial charge < -0.3 is 14.2 Å². The molecule has 0 atom stereocenters. The van der Waals surface area contributed by atoms with Gasteiger partial charge in [0, 0.05) is 12.1 Å². The lowest BCUT2D eigenvalue weighted by Gasteiger charge is -2.04. The van der Waals surface area contributed by atoms with Crippen LogP contribution < -0.4 is 5.32 Å². The minimum Gasteiger partial charge on any atom is -0.459 e. The molecule has 0 unspecified atom stereocenters. The Bertz CT molecular complexity index is 1010. The number of nitrogens with zero attached hydrogens (tertiary/aromatic N) is 1. The number of amides is 1. The van der Waals surface area contributed by atoms with Gasteiger partial charge in [-0.05, 0) is 54.4 Å². The van der Waals surface area contributed by atoms with Crippen LogP contribution in [0.25, 0.3) is 22.6 Å². The van der Waals surface area contributed by atoms with E-state index in [4.69, 9.17) is 8.83 Å². The first-order valence-electron chi connectivity index (χ1n) is 7.97. The van der Waals surface area contributed by atoms with E-state index in [-0.39, 0.29) is 5.91 Å². The highest BCUT2D eigenvalue weighted by atomic mass is 16.3. The first kappa shape index (κ1) is 15.2. The van der Waals surface area contributed by atoms with E-state index in [1.54, 1.807) is 12.1 Å². The van der Waals surface area contributed by atoms with Crippen LogP contribution in [0.5, 0.6) is 0 Å².